The van der Waals surface area contributed by atoms with Crippen molar-refractivity contribution in [3.05, 3.63) is 112 Å². The van der Waals surface area contributed by atoms with E-state index in [1.54, 1.807) is 18.2 Å². The number of ether oxygens (including phenoxy) is 2. The van der Waals surface area contributed by atoms with Crippen molar-refractivity contribution < 1.29 is 38.4 Å². The number of hydrazine groups is 1. The number of carbonyl (C=O) groups is 5. The average Bonchev–Trinajstić information content (AvgIpc) is 3.73. The van der Waals surface area contributed by atoms with Gasteiger partial charge in [0.15, 0.2) is 5.78 Å². The molecule has 1 aliphatic heterocycles. The number of carbonyl (C=O) groups excluding carboxylic acids is 5. The van der Waals surface area contributed by atoms with Crippen molar-refractivity contribution in [3.63, 3.8) is 0 Å². The molecule has 222 valence electrons. The van der Waals surface area contributed by atoms with Crippen molar-refractivity contribution >= 4 is 35.2 Å². The Labute approximate surface area is 250 Å². The topological polar surface area (TPSA) is 153 Å². The number of fused-ring (bicyclic) bond motifs is 5. The molecule has 2 aliphatic carbocycles. The van der Waals surface area contributed by atoms with E-state index in [9.17, 15) is 34.1 Å². The van der Waals surface area contributed by atoms with Gasteiger partial charge < -0.3 is 9.47 Å². The number of hydrogen-bond donors (Lipinski definition) is 0. The van der Waals surface area contributed by atoms with E-state index in [0.29, 0.717) is 12.2 Å². The molecule has 3 aromatic carbocycles. The maximum absolute atomic E-state index is 13.7. The van der Waals surface area contributed by atoms with Crippen molar-refractivity contribution in [2.75, 3.05) is 13.7 Å². The lowest BCUT2D eigenvalue weighted by Crippen LogP contribution is -2.52. The fourth-order valence-corrected chi connectivity index (χ4v) is 6.08. The molecule has 44 heavy (non-hydrogen) atoms. The van der Waals surface area contributed by atoms with Crippen LogP contribution in [-0.2, 0) is 9.59 Å². The van der Waals surface area contributed by atoms with E-state index in [1.807, 2.05) is 12.2 Å². The predicted molar refractivity (Wildman–Crippen MR) is 152 cm³/mol. The first kappa shape index (κ1) is 28.5. The number of rotatable bonds is 9. The smallest absolute Gasteiger partial charge is 0.343 e. The second kappa shape index (κ2) is 11.2. The zero-order valence-corrected chi connectivity index (χ0v) is 23.3. The standard InChI is InChI=1S/C32H25N3O9/c1-43-25-4-2-3-22(16-25)32(40)44-24-13-9-18(10-14-24)26(36)17-33(29(37)19-7-11-23(12-8-19)35(41)42)34-30(38)27-20-5-6-21(15-20)28(27)31(34)39/h2-14,16,20-21,27-28H,15,17H2,1H3/t20-,21-,27+,28+/m0/s1. The van der Waals surface area contributed by atoms with E-state index < -0.39 is 52.8 Å². The summed E-state index contributed by atoms with van der Waals surface area (Å²) in [4.78, 5) is 77.3. The minimum Gasteiger partial charge on any atom is -0.497 e. The number of nitro groups is 1. The molecular formula is C32H25N3O9. The molecule has 2 fully saturated rings. The molecule has 3 amide bonds. The normalized spacial score (nSPS) is 21.2. The SMILES string of the molecule is COc1cccc(C(=O)Oc2ccc(C(=O)CN(C(=O)c3ccc([N+](=O)[O-])cc3)N3C(=O)[C@H]4[C@H](C3=O)[C@H]3C=C[C@H]4C3)cc2)c1. The number of Topliss-reactive ketones (excluding diaryl/α,β-unsaturated/α-hetero) is 1. The quantitative estimate of drug-likeness (QED) is 0.0682. The highest BCUT2D eigenvalue weighted by molar-refractivity contribution is 6.10. The molecule has 0 unspecified atom stereocenters. The highest BCUT2D eigenvalue weighted by Gasteiger charge is 2.61. The first-order valence-electron chi connectivity index (χ1n) is 13.8. The van der Waals surface area contributed by atoms with Crippen LogP contribution in [-0.4, -0.2) is 58.1 Å². The molecule has 2 bridgehead atoms. The van der Waals surface area contributed by atoms with Crippen LogP contribution in [0.4, 0.5) is 5.69 Å². The number of ketones is 1. The number of nitro benzene ring substituents is 1. The summed E-state index contributed by atoms with van der Waals surface area (Å²) in [6.07, 6.45) is 4.51. The zero-order chi connectivity index (χ0) is 31.1. The molecule has 0 spiro atoms. The molecule has 4 atom stereocenters. The van der Waals surface area contributed by atoms with E-state index in [4.69, 9.17) is 9.47 Å². The van der Waals surface area contributed by atoms with E-state index in [-0.39, 0.29) is 40.0 Å². The maximum Gasteiger partial charge on any atom is 0.343 e. The van der Waals surface area contributed by atoms with E-state index in [2.05, 4.69) is 0 Å². The molecule has 1 saturated carbocycles. The van der Waals surface area contributed by atoms with Crippen LogP contribution in [0, 0.1) is 33.8 Å². The van der Waals surface area contributed by atoms with E-state index >= 15 is 0 Å². The number of esters is 1. The van der Waals surface area contributed by atoms with E-state index in [1.165, 1.54) is 49.6 Å². The van der Waals surface area contributed by atoms with Gasteiger partial charge in [0, 0.05) is 23.3 Å². The number of amides is 3. The van der Waals surface area contributed by atoms with Crippen LogP contribution in [0.25, 0.3) is 0 Å². The average molecular weight is 596 g/mol. The van der Waals surface area contributed by atoms with Gasteiger partial charge in [-0.05, 0) is 72.9 Å². The van der Waals surface area contributed by atoms with Crippen LogP contribution in [0.2, 0.25) is 0 Å². The molecule has 1 saturated heterocycles. The molecule has 3 aliphatic rings. The number of benzene rings is 3. The summed E-state index contributed by atoms with van der Waals surface area (Å²) in [6, 6.07) is 16.7. The van der Waals surface area contributed by atoms with Gasteiger partial charge in [0.1, 0.15) is 18.0 Å². The third-order valence-electron chi connectivity index (χ3n) is 8.23. The summed E-state index contributed by atoms with van der Waals surface area (Å²) in [5.74, 6) is -4.00. The summed E-state index contributed by atoms with van der Waals surface area (Å²) < 4.78 is 10.5. The van der Waals surface area contributed by atoms with Crippen molar-refractivity contribution in [3.8, 4) is 11.5 Å². The van der Waals surface area contributed by atoms with Crippen molar-refractivity contribution in [2.24, 2.45) is 23.7 Å². The number of hydrogen-bond acceptors (Lipinski definition) is 9. The van der Waals surface area contributed by atoms with Gasteiger partial charge >= 0.3 is 5.97 Å². The lowest BCUT2D eigenvalue weighted by molar-refractivity contribution is -0.384. The lowest BCUT2D eigenvalue weighted by atomic mass is 9.85. The first-order chi connectivity index (χ1) is 21.2. The number of non-ortho nitro benzene ring substituents is 1. The Kier molecular flexibility index (Phi) is 7.25. The Balaban J connectivity index is 1.23. The van der Waals surface area contributed by atoms with Crippen LogP contribution in [0.1, 0.15) is 37.5 Å². The Morgan fingerprint density at radius 2 is 1.48 bits per heavy atom. The summed E-state index contributed by atoms with van der Waals surface area (Å²) >= 11 is 0. The molecule has 0 radical (unpaired) electrons. The summed E-state index contributed by atoms with van der Waals surface area (Å²) in [6.45, 7) is -0.654. The molecule has 1 heterocycles. The van der Waals surface area contributed by atoms with Crippen molar-refractivity contribution in [1.29, 1.82) is 0 Å². The van der Waals surface area contributed by atoms with E-state index in [0.717, 1.165) is 22.2 Å². The van der Waals surface area contributed by atoms with Gasteiger partial charge in [-0.3, -0.25) is 29.3 Å². The van der Waals surface area contributed by atoms with Gasteiger partial charge in [-0.15, -0.1) is 0 Å². The second-order valence-corrected chi connectivity index (χ2v) is 10.7. The Morgan fingerprint density at radius 1 is 0.864 bits per heavy atom. The lowest BCUT2D eigenvalue weighted by Gasteiger charge is -2.30. The highest BCUT2D eigenvalue weighted by atomic mass is 16.6. The Morgan fingerprint density at radius 3 is 2.07 bits per heavy atom. The number of allylic oxidation sites excluding steroid dienone is 2. The molecule has 6 rings (SSSR count). The summed E-state index contributed by atoms with van der Waals surface area (Å²) in [5.41, 5.74) is 0.107. The number of methoxy groups -OCH3 is 1. The fraction of sp³-hybridized carbons (Fsp3) is 0.219. The Bertz CT molecular complexity index is 1700. The van der Waals surface area contributed by atoms with Crippen LogP contribution in [0.15, 0.2) is 84.9 Å². The maximum atomic E-state index is 13.7. The van der Waals surface area contributed by atoms with Gasteiger partial charge in [0.05, 0.1) is 29.4 Å². The summed E-state index contributed by atoms with van der Waals surface area (Å²) in [7, 11) is 1.48. The largest absolute Gasteiger partial charge is 0.497 e. The molecule has 3 aromatic rings. The van der Waals surface area contributed by atoms with Gasteiger partial charge in [-0.1, -0.05) is 18.2 Å². The third kappa shape index (κ3) is 5.00. The van der Waals surface area contributed by atoms with Crippen LogP contribution < -0.4 is 9.47 Å². The van der Waals surface area contributed by atoms with Gasteiger partial charge in [0.25, 0.3) is 23.4 Å². The molecular weight excluding hydrogens is 570 g/mol. The number of imide groups is 1. The molecule has 0 aromatic heterocycles. The second-order valence-electron chi connectivity index (χ2n) is 10.7. The monoisotopic (exact) mass is 595 g/mol. The molecule has 12 nitrogen and oxygen atoms in total. The van der Waals surface area contributed by atoms with Crippen LogP contribution in [0.5, 0.6) is 11.5 Å². The first-order valence-corrected chi connectivity index (χ1v) is 13.8. The fourth-order valence-electron chi connectivity index (χ4n) is 6.08. The van der Waals surface area contributed by atoms with Crippen LogP contribution >= 0.6 is 0 Å². The van der Waals surface area contributed by atoms with Gasteiger partial charge in [0.2, 0.25) is 0 Å². The third-order valence-corrected chi connectivity index (χ3v) is 8.23. The van der Waals surface area contributed by atoms with Gasteiger partial charge in [-0.2, -0.15) is 5.01 Å². The van der Waals surface area contributed by atoms with Crippen molar-refractivity contribution in [2.45, 2.75) is 6.42 Å². The predicted octanol–water partition coefficient (Wildman–Crippen LogP) is 3.87. The molecule has 0 N–H and O–H groups in total. The van der Waals surface area contributed by atoms with Gasteiger partial charge in [-0.25, -0.2) is 9.80 Å². The van der Waals surface area contributed by atoms with Crippen molar-refractivity contribution in [1.82, 2.24) is 10.0 Å². The minimum absolute atomic E-state index is 0.0399. The minimum atomic E-state index is -0.834. The zero-order valence-electron chi connectivity index (χ0n) is 23.3. The molecule has 12 heteroatoms. The highest BCUT2D eigenvalue weighted by Crippen LogP contribution is 2.52. The number of nitrogens with zero attached hydrogens (tertiary/aromatic N) is 3. The Hall–Kier alpha value is -5.65. The van der Waals surface area contributed by atoms with Crippen LogP contribution in [0.3, 0.4) is 0 Å². The summed E-state index contributed by atoms with van der Waals surface area (Å²) in [5, 5.41) is 12.7.